The number of nitrogens with zero attached hydrogens (tertiary/aromatic N) is 1. The number of carbonyl (C=O) groups is 1. The maximum Gasteiger partial charge on any atom is 0.345 e. The van der Waals surface area contributed by atoms with Crippen molar-refractivity contribution in [3.63, 3.8) is 0 Å². The van der Waals surface area contributed by atoms with Gasteiger partial charge in [-0.1, -0.05) is 17.7 Å². The first kappa shape index (κ1) is 12.4. The van der Waals surface area contributed by atoms with Gasteiger partial charge in [-0.3, -0.25) is 0 Å². The molecule has 2 aromatic heterocycles. The fraction of sp³-hybridized carbons (Fsp3) is 0.0909. The number of pyridine rings is 1. The zero-order valence-corrected chi connectivity index (χ0v) is 11.0. The SMILES string of the molecule is O=C(O)c1cc(SCc2cccnc2Cl)cs1. The van der Waals surface area contributed by atoms with Gasteiger partial charge in [-0.25, -0.2) is 9.78 Å². The molecule has 0 bridgehead atoms. The lowest BCUT2D eigenvalue weighted by molar-refractivity contribution is 0.0702. The van der Waals surface area contributed by atoms with Crippen molar-refractivity contribution >= 4 is 40.7 Å². The lowest BCUT2D eigenvalue weighted by Crippen LogP contribution is -1.90. The summed E-state index contributed by atoms with van der Waals surface area (Å²) in [5, 5.41) is 11.1. The average Bonchev–Trinajstić information content (AvgIpc) is 2.77. The minimum atomic E-state index is -0.888. The van der Waals surface area contributed by atoms with Gasteiger partial charge in [0.2, 0.25) is 0 Å². The quantitative estimate of drug-likeness (QED) is 0.686. The van der Waals surface area contributed by atoms with Crippen molar-refractivity contribution in [3.8, 4) is 0 Å². The monoisotopic (exact) mass is 285 g/mol. The molecule has 0 spiro atoms. The molecule has 0 fully saturated rings. The Morgan fingerprint density at radius 3 is 3.06 bits per heavy atom. The van der Waals surface area contributed by atoms with Crippen LogP contribution in [0.5, 0.6) is 0 Å². The molecule has 0 unspecified atom stereocenters. The molecule has 0 radical (unpaired) electrons. The van der Waals surface area contributed by atoms with Crippen molar-refractivity contribution in [3.05, 3.63) is 45.4 Å². The summed E-state index contributed by atoms with van der Waals surface area (Å²) in [6.45, 7) is 0. The number of thioether (sulfide) groups is 1. The van der Waals surface area contributed by atoms with E-state index in [1.54, 1.807) is 24.0 Å². The second kappa shape index (κ2) is 5.53. The Labute approximate surface area is 111 Å². The molecule has 0 aliphatic heterocycles. The molecule has 0 aromatic carbocycles. The van der Waals surface area contributed by atoms with Gasteiger partial charge in [0.05, 0.1) is 0 Å². The Hall–Kier alpha value is -1.04. The van der Waals surface area contributed by atoms with Crippen LogP contribution in [0.4, 0.5) is 0 Å². The second-order valence-corrected chi connectivity index (χ2v) is 5.51. The topological polar surface area (TPSA) is 50.2 Å². The smallest absolute Gasteiger partial charge is 0.345 e. The van der Waals surface area contributed by atoms with Crippen LogP contribution in [0.15, 0.2) is 34.7 Å². The van der Waals surface area contributed by atoms with Crippen LogP contribution in [-0.4, -0.2) is 16.1 Å². The summed E-state index contributed by atoms with van der Waals surface area (Å²) >= 11 is 8.71. The molecular formula is C11H8ClNO2S2. The summed E-state index contributed by atoms with van der Waals surface area (Å²) in [6.07, 6.45) is 1.64. The third-order valence-corrected chi connectivity index (χ3v) is 4.45. The molecule has 0 aliphatic rings. The van der Waals surface area contributed by atoms with Crippen molar-refractivity contribution in [2.75, 3.05) is 0 Å². The Bertz CT molecular complexity index is 542. The largest absolute Gasteiger partial charge is 0.477 e. The molecule has 3 nitrogen and oxygen atoms in total. The Morgan fingerprint density at radius 1 is 1.59 bits per heavy atom. The number of rotatable bonds is 4. The molecule has 0 aliphatic carbocycles. The zero-order valence-electron chi connectivity index (χ0n) is 8.59. The Morgan fingerprint density at radius 2 is 2.41 bits per heavy atom. The lowest BCUT2D eigenvalue weighted by Gasteiger charge is -2.00. The number of hydrogen-bond acceptors (Lipinski definition) is 4. The van der Waals surface area contributed by atoms with Crippen LogP contribution < -0.4 is 0 Å². The number of aromatic nitrogens is 1. The van der Waals surface area contributed by atoms with E-state index in [-0.39, 0.29) is 0 Å². The number of hydrogen-bond donors (Lipinski definition) is 1. The van der Waals surface area contributed by atoms with Crippen LogP contribution in [0, 0.1) is 0 Å². The van der Waals surface area contributed by atoms with Gasteiger partial charge in [0.15, 0.2) is 0 Å². The predicted molar refractivity (Wildman–Crippen MR) is 70.1 cm³/mol. The molecule has 88 valence electrons. The van der Waals surface area contributed by atoms with Crippen molar-refractivity contribution in [2.24, 2.45) is 0 Å². The Balaban J connectivity index is 2.02. The third-order valence-electron chi connectivity index (χ3n) is 2.02. The highest BCUT2D eigenvalue weighted by molar-refractivity contribution is 7.98. The number of thiophene rings is 1. The molecule has 1 N–H and O–H groups in total. The predicted octanol–water partition coefficient (Wildman–Crippen LogP) is 3.79. The van der Waals surface area contributed by atoms with Gasteiger partial charge < -0.3 is 5.11 Å². The standard InChI is InChI=1S/C11H8ClNO2S2/c12-10-7(2-1-3-13-10)5-16-8-4-9(11(14)15)17-6-8/h1-4,6H,5H2,(H,14,15). The van der Waals surface area contributed by atoms with Crippen LogP contribution >= 0.6 is 34.7 Å². The molecule has 2 aromatic rings. The maximum atomic E-state index is 10.7. The normalized spacial score (nSPS) is 10.4. The first-order valence-corrected chi connectivity index (χ1v) is 6.95. The third kappa shape index (κ3) is 3.21. The molecule has 17 heavy (non-hydrogen) atoms. The highest BCUT2D eigenvalue weighted by atomic mass is 35.5. The molecule has 2 rings (SSSR count). The van der Waals surface area contributed by atoms with Gasteiger partial charge in [-0.05, 0) is 17.7 Å². The minimum Gasteiger partial charge on any atom is -0.477 e. The summed E-state index contributed by atoms with van der Waals surface area (Å²) in [5.41, 5.74) is 0.947. The van der Waals surface area contributed by atoms with E-state index in [0.29, 0.717) is 15.8 Å². The number of carboxylic acids is 1. The van der Waals surface area contributed by atoms with Gasteiger partial charge in [0.25, 0.3) is 0 Å². The minimum absolute atomic E-state index is 0.352. The maximum absolute atomic E-state index is 10.7. The summed E-state index contributed by atoms with van der Waals surface area (Å²) in [4.78, 5) is 16.0. The molecule has 2 heterocycles. The van der Waals surface area contributed by atoms with E-state index >= 15 is 0 Å². The lowest BCUT2D eigenvalue weighted by atomic mass is 10.3. The van der Waals surface area contributed by atoms with E-state index in [9.17, 15) is 4.79 Å². The summed E-state index contributed by atoms with van der Waals surface area (Å²) in [5.74, 6) is -0.205. The Kier molecular flexibility index (Phi) is 4.04. The fourth-order valence-corrected chi connectivity index (χ4v) is 3.31. The van der Waals surface area contributed by atoms with Crippen LogP contribution in [0.25, 0.3) is 0 Å². The number of carboxylic acid groups (broad SMARTS) is 1. The first-order chi connectivity index (χ1) is 8.16. The van der Waals surface area contributed by atoms with Gasteiger partial charge in [0.1, 0.15) is 10.0 Å². The van der Waals surface area contributed by atoms with Gasteiger partial charge >= 0.3 is 5.97 Å². The van der Waals surface area contributed by atoms with Crippen LogP contribution in [0.1, 0.15) is 15.2 Å². The van der Waals surface area contributed by atoms with E-state index in [0.717, 1.165) is 10.5 Å². The van der Waals surface area contributed by atoms with E-state index in [4.69, 9.17) is 16.7 Å². The summed E-state index contributed by atoms with van der Waals surface area (Å²) < 4.78 is 0. The van der Waals surface area contributed by atoms with Gasteiger partial charge in [0, 0.05) is 22.2 Å². The van der Waals surface area contributed by atoms with Gasteiger partial charge in [-0.2, -0.15) is 0 Å². The summed E-state index contributed by atoms with van der Waals surface area (Å²) in [6, 6.07) is 5.41. The van der Waals surface area contributed by atoms with E-state index in [1.165, 1.54) is 11.3 Å². The fourth-order valence-electron chi connectivity index (χ4n) is 1.19. The average molecular weight is 286 g/mol. The summed E-state index contributed by atoms with van der Waals surface area (Å²) in [7, 11) is 0. The molecule has 0 saturated carbocycles. The highest BCUT2D eigenvalue weighted by Gasteiger charge is 2.08. The van der Waals surface area contributed by atoms with E-state index < -0.39 is 5.97 Å². The molecule has 0 atom stereocenters. The molecule has 0 amide bonds. The van der Waals surface area contributed by atoms with Crippen molar-refractivity contribution < 1.29 is 9.90 Å². The van der Waals surface area contributed by atoms with Crippen molar-refractivity contribution in [1.82, 2.24) is 4.98 Å². The van der Waals surface area contributed by atoms with Crippen LogP contribution in [0.3, 0.4) is 0 Å². The van der Waals surface area contributed by atoms with Crippen LogP contribution in [-0.2, 0) is 5.75 Å². The molecular weight excluding hydrogens is 278 g/mol. The van der Waals surface area contributed by atoms with Crippen molar-refractivity contribution in [1.29, 1.82) is 0 Å². The van der Waals surface area contributed by atoms with Crippen molar-refractivity contribution in [2.45, 2.75) is 10.6 Å². The number of halogens is 1. The first-order valence-electron chi connectivity index (χ1n) is 4.71. The van der Waals surface area contributed by atoms with Gasteiger partial charge in [-0.15, -0.1) is 23.1 Å². The highest BCUT2D eigenvalue weighted by Crippen LogP contribution is 2.29. The molecule has 6 heteroatoms. The van der Waals surface area contributed by atoms with E-state index in [1.807, 2.05) is 17.5 Å². The zero-order chi connectivity index (χ0) is 12.3. The van der Waals surface area contributed by atoms with Crippen LogP contribution in [0.2, 0.25) is 5.15 Å². The molecule has 0 saturated heterocycles. The second-order valence-electron chi connectivity index (χ2n) is 3.19. The van der Waals surface area contributed by atoms with E-state index in [2.05, 4.69) is 4.98 Å². The number of aromatic carboxylic acids is 1.